The molecule has 0 aromatic heterocycles. The van der Waals surface area contributed by atoms with Crippen molar-refractivity contribution in [1.82, 2.24) is 4.31 Å². The summed E-state index contributed by atoms with van der Waals surface area (Å²) in [5.41, 5.74) is 3.32. The molecular weight excluding hydrogens is 567 g/mol. The number of carboxylic acids is 1. The lowest BCUT2D eigenvalue weighted by atomic mass is 9.87. The van der Waals surface area contributed by atoms with Crippen molar-refractivity contribution in [3.63, 3.8) is 0 Å². The number of hydrogen-bond donors (Lipinski definition) is 1. The third kappa shape index (κ3) is 5.60. The van der Waals surface area contributed by atoms with E-state index in [1.165, 1.54) is 6.07 Å². The van der Waals surface area contributed by atoms with Crippen molar-refractivity contribution < 1.29 is 27.4 Å². The normalized spacial score (nSPS) is 18.9. The second-order valence-electron chi connectivity index (χ2n) is 11.0. The number of hydrogen-bond acceptors (Lipinski definition) is 5. The number of nitrogens with zero attached hydrogens (tertiary/aromatic N) is 2. The highest BCUT2D eigenvalue weighted by Gasteiger charge is 2.49. The summed E-state index contributed by atoms with van der Waals surface area (Å²) in [6.45, 7) is 6.95. The van der Waals surface area contributed by atoms with E-state index < -0.39 is 39.9 Å². The molecule has 1 aliphatic heterocycles. The zero-order valence-electron chi connectivity index (χ0n) is 23.5. The summed E-state index contributed by atoms with van der Waals surface area (Å²) in [4.78, 5) is 14.8. The fraction of sp³-hybridized carbons (Fsp3) is 0.387. The lowest BCUT2D eigenvalue weighted by Crippen LogP contribution is -2.56. The van der Waals surface area contributed by atoms with Crippen LogP contribution in [0.4, 0.5) is 10.1 Å². The van der Waals surface area contributed by atoms with Crippen molar-refractivity contribution in [3.05, 3.63) is 93.3 Å². The van der Waals surface area contributed by atoms with Crippen LogP contribution >= 0.6 is 11.6 Å². The van der Waals surface area contributed by atoms with E-state index in [1.807, 2.05) is 42.2 Å². The van der Waals surface area contributed by atoms with Gasteiger partial charge in [0.05, 0.1) is 25.1 Å². The molecule has 1 N–H and O–H groups in total. The molecule has 5 rings (SSSR count). The number of benzene rings is 3. The summed E-state index contributed by atoms with van der Waals surface area (Å²) in [7, 11) is -4.38. The molecule has 218 valence electrons. The van der Waals surface area contributed by atoms with Crippen LogP contribution in [-0.4, -0.2) is 42.6 Å². The van der Waals surface area contributed by atoms with E-state index in [-0.39, 0.29) is 29.8 Å². The van der Waals surface area contributed by atoms with Crippen LogP contribution in [0.1, 0.15) is 66.5 Å². The van der Waals surface area contributed by atoms with Crippen LogP contribution in [0.3, 0.4) is 0 Å². The highest BCUT2D eigenvalue weighted by atomic mass is 35.5. The Morgan fingerprint density at radius 1 is 1.12 bits per heavy atom. The molecule has 10 heteroatoms. The highest BCUT2D eigenvalue weighted by molar-refractivity contribution is 7.89. The first-order chi connectivity index (χ1) is 19.4. The molecule has 1 fully saturated rings. The maximum atomic E-state index is 15.2. The van der Waals surface area contributed by atoms with Crippen LogP contribution in [0.2, 0.25) is 5.02 Å². The monoisotopic (exact) mass is 600 g/mol. The summed E-state index contributed by atoms with van der Waals surface area (Å²) in [6, 6.07) is 14.2. The van der Waals surface area contributed by atoms with Crippen LogP contribution in [-0.2, 0) is 26.2 Å². The Balaban J connectivity index is 1.61. The fourth-order valence-electron chi connectivity index (χ4n) is 5.74. The van der Waals surface area contributed by atoms with Crippen molar-refractivity contribution in [2.45, 2.75) is 76.1 Å². The number of carboxylic acid groups (broad SMARTS) is 1. The quantitative estimate of drug-likeness (QED) is 0.299. The number of carbonyl (C=O) groups is 1. The number of aliphatic carboxylic acids is 1. The second kappa shape index (κ2) is 11.4. The molecule has 7 nitrogen and oxygen atoms in total. The molecule has 3 aromatic rings. The smallest absolute Gasteiger partial charge is 0.322 e. The first-order valence-corrected chi connectivity index (χ1v) is 15.5. The van der Waals surface area contributed by atoms with Gasteiger partial charge in [-0.15, -0.1) is 0 Å². The summed E-state index contributed by atoms with van der Waals surface area (Å²) in [5, 5.41) is 10.8. The standard InChI is InChI=1S/C31H34ClFN2O5S/c1-18-10-13-26(33)28(19(18)2)20(3)29(31(36)37)35-17-34(24-11-12-24)27-15-23(32)14-25(30(27)41(35,38)39)21(4)40-16-22-8-6-5-7-9-22/h5-10,13-15,20-21,24,29H,11-12,16-17H2,1-4H3,(H,36,37). The lowest BCUT2D eigenvalue weighted by Gasteiger charge is -2.43. The van der Waals surface area contributed by atoms with Crippen molar-refractivity contribution in [2.75, 3.05) is 11.6 Å². The van der Waals surface area contributed by atoms with Crippen LogP contribution in [0.15, 0.2) is 59.5 Å². The molecule has 2 aliphatic rings. The Labute approximate surface area is 245 Å². The van der Waals surface area contributed by atoms with Crippen molar-refractivity contribution in [3.8, 4) is 0 Å². The predicted molar refractivity (Wildman–Crippen MR) is 156 cm³/mol. The van der Waals surface area contributed by atoms with Gasteiger partial charge in [0.25, 0.3) is 0 Å². The molecular formula is C31H34ClFN2O5S. The average Bonchev–Trinajstić information content (AvgIpc) is 3.76. The van der Waals surface area contributed by atoms with E-state index in [0.29, 0.717) is 21.8 Å². The summed E-state index contributed by atoms with van der Waals surface area (Å²) in [5.74, 6) is -2.87. The molecule has 0 amide bonds. The number of aryl methyl sites for hydroxylation is 1. The third-order valence-corrected chi connectivity index (χ3v) is 10.4. The second-order valence-corrected chi connectivity index (χ2v) is 13.3. The van der Waals surface area contributed by atoms with Gasteiger partial charge in [-0.3, -0.25) is 4.79 Å². The van der Waals surface area contributed by atoms with Gasteiger partial charge in [-0.05, 0) is 74.1 Å². The van der Waals surface area contributed by atoms with E-state index >= 15 is 4.39 Å². The van der Waals surface area contributed by atoms with Crippen molar-refractivity contribution in [1.29, 1.82) is 0 Å². The lowest BCUT2D eigenvalue weighted by molar-refractivity contribution is -0.142. The molecule has 1 aliphatic carbocycles. The van der Waals surface area contributed by atoms with Crippen LogP contribution < -0.4 is 4.90 Å². The van der Waals surface area contributed by atoms with Gasteiger partial charge >= 0.3 is 5.97 Å². The average molecular weight is 601 g/mol. The van der Waals surface area contributed by atoms with Crippen molar-refractivity contribution in [2.24, 2.45) is 0 Å². The minimum absolute atomic E-state index is 0.0134. The number of sulfonamides is 1. The van der Waals surface area contributed by atoms with Gasteiger partial charge in [0, 0.05) is 22.5 Å². The molecule has 1 heterocycles. The van der Waals surface area contributed by atoms with Gasteiger partial charge in [0.2, 0.25) is 10.0 Å². The van der Waals surface area contributed by atoms with E-state index in [1.54, 1.807) is 39.0 Å². The number of fused-ring (bicyclic) bond motifs is 1. The first-order valence-electron chi connectivity index (χ1n) is 13.7. The molecule has 0 spiro atoms. The molecule has 3 unspecified atom stereocenters. The fourth-order valence-corrected chi connectivity index (χ4v) is 8.01. The summed E-state index contributed by atoms with van der Waals surface area (Å²) >= 11 is 6.53. The van der Waals surface area contributed by atoms with E-state index in [4.69, 9.17) is 16.3 Å². The molecule has 1 saturated carbocycles. The SMILES string of the molecule is Cc1ccc(F)c(C(C)C(C(=O)O)N2CN(C3CC3)c3cc(Cl)cc(C(C)OCc4ccccc4)c3S2(=O)=O)c1C. The molecule has 0 saturated heterocycles. The molecule has 0 radical (unpaired) electrons. The highest BCUT2D eigenvalue weighted by Crippen LogP contribution is 2.47. The van der Waals surface area contributed by atoms with Gasteiger partial charge < -0.3 is 14.7 Å². The van der Waals surface area contributed by atoms with Gasteiger partial charge in [0.15, 0.2) is 0 Å². The zero-order valence-corrected chi connectivity index (χ0v) is 25.0. The Morgan fingerprint density at radius 3 is 2.44 bits per heavy atom. The van der Waals surface area contributed by atoms with E-state index in [0.717, 1.165) is 28.3 Å². The predicted octanol–water partition coefficient (Wildman–Crippen LogP) is 6.56. The Hall–Kier alpha value is -2.98. The van der Waals surface area contributed by atoms with Crippen molar-refractivity contribution >= 4 is 33.3 Å². The number of halogens is 2. The Morgan fingerprint density at radius 2 is 1.80 bits per heavy atom. The largest absolute Gasteiger partial charge is 0.480 e. The number of anilines is 1. The Bertz CT molecular complexity index is 1580. The topological polar surface area (TPSA) is 87.2 Å². The van der Waals surface area contributed by atoms with Gasteiger partial charge in [-0.1, -0.05) is 54.9 Å². The molecule has 0 bridgehead atoms. The van der Waals surface area contributed by atoms with Gasteiger partial charge in [-0.25, -0.2) is 12.8 Å². The maximum Gasteiger partial charge on any atom is 0.322 e. The van der Waals surface area contributed by atoms with Crippen LogP contribution in [0.25, 0.3) is 0 Å². The van der Waals surface area contributed by atoms with Crippen LogP contribution in [0.5, 0.6) is 0 Å². The maximum absolute atomic E-state index is 15.2. The number of ether oxygens (including phenoxy) is 1. The first kappa shape index (κ1) is 29.5. The third-order valence-electron chi connectivity index (χ3n) is 8.22. The molecule has 3 aromatic carbocycles. The van der Waals surface area contributed by atoms with E-state index in [9.17, 15) is 18.3 Å². The molecule has 3 atom stereocenters. The van der Waals surface area contributed by atoms with E-state index in [2.05, 4.69) is 0 Å². The zero-order chi connectivity index (χ0) is 29.6. The van der Waals surface area contributed by atoms with Gasteiger partial charge in [0.1, 0.15) is 16.8 Å². The molecule has 41 heavy (non-hydrogen) atoms. The summed E-state index contributed by atoms with van der Waals surface area (Å²) in [6.07, 6.45) is 1.01. The minimum Gasteiger partial charge on any atom is -0.480 e. The van der Waals surface area contributed by atoms with Crippen LogP contribution in [0, 0.1) is 19.7 Å². The number of rotatable bonds is 9. The summed E-state index contributed by atoms with van der Waals surface area (Å²) < 4.78 is 51.2. The Kier molecular flexibility index (Phi) is 8.18. The van der Waals surface area contributed by atoms with Gasteiger partial charge in [-0.2, -0.15) is 4.31 Å². The minimum atomic E-state index is -4.38.